The van der Waals surface area contributed by atoms with Gasteiger partial charge in [0, 0.05) is 35.1 Å². The van der Waals surface area contributed by atoms with E-state index >= 15 is 0 Å². The fourth-order valence-electron chi connectivity index (χ4n) is 2.99. The Morgan fingerprint density at radius 2 is 2.00 bits per heavy atom. The largest absolute Gasteiger partial charge is 0.496 e. The van der Waals surface area contributed by atoms with Gasteiger partial charge in [-0.3, -0.25) is 4.98 Å². The van der Waals surface area contributed by atoms with Crippen LogP contribution in [0.1, 0.15) is 36.4 Å². The topological polar surface area (TPSA) is 125 Å². The van der Waals surface area contributed by atoms with Crippen molar-refractivity contribution in [2.24, 2.45) is 22.5 Å². The maximum atomic E-state index is 9.57. The monoisotopic (exact) mass is 428 g/mol. The molecule has 2 aromatic rings. The van der Waals surface area contributed by atoms with Gasteiger partial charge in [-0.15, -0.1) is 0 Å². The van der Waals surface area contributed by atoms with Crippen molar-refractivity contribution in [2.45, 2.75) is 33.3 Å². The smallest absolute Gasteiger partial charge is 0.245 e. The molecule has 8 heteroatoms. The Morgan fingerprint density at radius 1 is 1.26 bits per heavy atom. The highest BCUT2D eigenvalue weighted by Crippen LogP contribution is 2.30. The van der Waals surface area contributed by atoms with Crippen LogP contribution < -0.4 is 21.1 Å². The number of hydrogen-bond donors (Lipinski definition) is 3. The molecule has 5 N–H and O–H groups in total. The minimum Gasteiger partial charge on any atom is -0.496 e. The molecule has 8 nitrogen and oxygen atoms in total. The molecule has 0 bridgehead atoms. The maximum absolute atomic E-state index is 9.57. The Morgan fingerprint density at radius 3 is 2.61 bits per heavy atom. The van der Waals surface area contributed by atoms with Crippen molar-refractivity contribution in [3.05, 3.63) is 59.4 Å². The summed E-state index contributed by atoms with van der Waals surface area (Å²) in [5.74, 6) is 7.27. The Labute approximate surface area is 183 Å². The molecule has 0 amide bonds. The zero-order valence-corrected chi connectivity index (χ0v) is 18.6. The van der Waals surface area contributed by atoms with Crippen LogP contribution in [0.15, 0.2) is 41.9 Å². The molecule has 1 unspecified atom stereocenters. The highest BCUT2D eigenvalue weighted by atomic mass is 16.6. The summed E-state index contributed by atoms with van der Waals surface area (Å²) in [6, 6.07) is 8.98. The number of methoxy groups -OCH3 is 1. The first-order valence-corrected chi connectivity index (χ1v) is 10.1. The van der Waals surface area contributed by atoms with Gasteiger partial charge >= 0.3 is 0 Å². The number of aliphatic imine (C=N–C) groups is 1. The lowest BCUT2D eigenvalue weighted by Crippen LogP contribution is -2.26. The van der Waals surface area contributed by atoms with E-state index in [1.54, 1.807) is 25.3 Å². The summed E-state index contributed by atoms with van der Waals surface area (Å²) in [6.07, 6.45) is 0.0978. The summed E-state index contributed by atoms with van der Waals surface area (Å²) in [7, 11) is 1.54. The number of nitrogens with zero attached hydrogens (tertiary/aromatic N) is 2. The average molecular weight is 429 g/mol. The van der Waals surface area contributed by atoms with Crippen molar-refractivity contribution in [3.63, 3.8) is 0 Å². The van der Waals surface area contributed by atoms with Gasteiger partial charge in [-0.1, -0.05) is 20.4 Å². The van der Waals surface area contributed by atoms with Crippen LogP contribution in [0.25, 0.3) is 5.70 Å². The number of benzene rings is 1. The van der Waals surface area contributed by atoms with E-state index in [9.17, 15) is 5.11 Å². The van der Waals surface area contributed by atoms with E-state index in [2.05, 4.69) is 30.4 Å². The first kappa shape index (κ1) is 24.3. The molecule has 0 saturated heterocycles. The molecule has 168 valence electrons. The fourth-order valence-corrected chi connectivity index (χ4v) is 2.99. The van der Waals surface area contributed by atoms with Crippen molar-refractivity contribution < 1.29 is 19.4 Å². The van der Waals surface area contributed by atoms with Crippen LogP contribution in [0.5, 0.6) is 11.5 Å². The minimum absolute atomic E-state index is 0.0867. The van der Waals surface area contributed by atoms with Crippen LogP contribution in [0.3, 0.4) is 0 Å². The van der Waals surface area contributed by atoms with Crippen molar-refractivity contribution in [1.29, 1.82) is 0 Å². The van der Waals surface area contributed by atoms with Gasteiger partial charge in [0.1, 0.15) is 24.2 Å². The summed E-state index contributed by atoms with van der Waals surface area (Å²) in [6.45, 7) is 10.4. The van der Waals surface area contributed by atoms with Crippen molar-refractivity contribution in [3.8, 4) is 11.5 Å². The van der Waals surface area contributed by atoms with E-state index in [4.69, 9.17) is 25.9 Å². The highest BCUT2D eigenvalue weighted by molar-refractivity contribution is 5.97. The number of hydrogen-bond acceptors (Lipinski definition) is 8. The summed E-state index contributed by atoms with van der Waals surface area (Å²) >= 11 is 0. The zero-order valence-electron chi connectivity index (χ0n) is 18.6. The van der Waals surface area contributed by atoms with Crippen LogP contribution in [0.2, 0.25) is 0 Å². The SMILES string of the molecule is C=C(/N=C(\ON)c1cc(C)nc(CC(C)C)c1)c1ccc(OCC(O)CN)cc1OC. The van der Waals surface area contributed by atoms with E-state index in [1.165, 1.54) is 0 Å². The molecule has 0 spiro atoms. The van der Waals surface area contributed by atoms with Gasteiger partial charge in [0.25, 0.3) is 0 Å². The molecular formula is C23H32N4O4. The predicted molar refractivity (Wildman–Crippen MR) is 122 cm³/mol. The Kier molecular flexibility index (Phi) is 8.99. The van der Waals surface area contributed by atoms with Crippen LogP contribution >= 0.6 is 0 Å². The third-order valence-corrected chi connectivity index (χ3v) is 4.42. The number of aromatic nitrogens is 1. The number of ether oxygens (including phenoxy) is 2. The van der Waals surface area contributed by atoms with E-state index in [1.807, 2.05) is 19.1 Å². The molecule has 0 saturated carbocycles. The van der Waals surface area contributed by atoms with Crippen molar-refractivity contribution in [2.75, 3.05) is 20.3 Å². The molecule has 31 heavy (non-hydrogen) atoms. The summed E-state index contributed by atoms with van der Waals surface area (Å²) in [5, 5.41) is 9.57. The molecule has 0 fully saturated rings. The maximum Gasteiger partial charge on any atom is 0.245 e. The normalized spacial score (nSPS) is 12.6. The van der Waals surface area contributed by atoms with Crippen molar-refractivity contribution >= 4 is 11.6 Å². The Balaban J connectivity index is 2.31. The number of aliphatic hydroxyl groups excluding tert-OH is 1. The number of nitrogens with two attached hydrogens (primary N) is 2. The molecule has 0 aliphatic carbocycles. The summed E-state index contributed by atoms with van der Waals surface area (Å²) in [4.78, 5) is 14.1. The third-order valence-electron chi connectivity index (χ3n) is 4.42. The van der Waals surface area contributed by atoms with Crippen LogP contribution in [0, 0.1) is 12.8 Å². The molecule has 0 aliphatic rings. The number of aliphatic hydroxyl groups is 1. The average Bonchev–Trinajstić information content (AvgIpc) is 2.74. The zero-order chi connectivity index (χ0) is 23.0. The second-order valence-corrected chi connectivity index (χ2v) is 7.63. The lowest BCUT2D eigenvalue weighted by Gasteiger charge is -2.14. The van der Waals surface area contributed by atoms with Gasteiger partial charge in [-0.05, 0) is 43.5 Å². The van der Waals surface area contributed by atoms with Gasteiger partial charge in [-0.2, -0.15) is 5.90 Å². The van der Waals surface area contributed by atoms with Gasteiger partial charge in [0.15, 0.2) is 0 Å². The molecule has 1 aromatic carbocycles. The second-order valence-electron chi connectivity index (χ2n) is 7.63. The van der Waals surface area contributed by atoms with Gasteiger partial charge < -0.3 is 25.2 Å². The van der Waals surface area contributed by atoms with Gasteiger partial charge in [-0.25, -0.2) is 4.99 Å². The highest BCUT2D eigenvalue weighted by Gasteiger charge is 2.14. The molecule has 1 aromatic heterocycles. The van der Waals surface area contributed by atoms with Crippen molar-refractivity contribution in [1.82, 2.24) is 4.98 Å². The fraction of sp³-hybridized carbons (Fsp3) is 0.391. The minimum atomic E-state index is -0.737. The lowest BCUT2D eigenvalue weighted by molar-refractivity contribution is 0.114. The number of rotatable bonds is 10. The number of pyridine rings is 1. The molecule has 1 atom stereocenters. The Bertz CT molecular complexity index is 928. The predicted octanol–water partition coefficient (Wildman–Crippen LogP) is 2.60. The van der Waals surface area contributed by atoms with Gasteiger partial charge in [0.2, 0.25) is 5.90 Å². The molecular weight excluding hydrogens is 396 g/mol. The first-order chi connectivity index (χ1) is 14.8. The lowest BCUT2D eigenvalue weighted by atomic mass is 10.1. The van der Waals surface area contributed by atoms with E-state index in [0.717, 1.165) is 23.4 Å². The van der Waals surface area contributed by atoms with Crippen LogP contribution in [-0.4, -0.2) is 42.4 Å². The quantitative estimate of drug-likeness (QED) is 0.302. The Hall–Kier alpha value is -2.94. The summed E-state index contributed by atoms with van der Waals surface area (Å²) < 4.78 is 11.0. The first-order valence-electron chi connectivity index (χ1n) is 10.1. The van der Waals surface area contributed by atoms with E-state index in [0.29, 0.717) is 28.7 Å². The molecule has 0 radical (unpaired) electrons. The number of aryl methyl sites for hydroxylation is 1. The van der Waals surface area contributed by atoms with E-state index in [-0.39, 0.29) is 19.0 Å². The van der Waals surface area contributed by atoms with Crippen LogP contribution in [-0.2, 0) is 11.3 Å². The second kappa shape index (κ2) is 11.5. The third kappa shape index (κ3) is 7.06. The molecule has 1 heterocycles. The van der Waals surface area contributed by atoms with Crippen LogP contribution in [0.4, 0.5) is 0 Å². The summed E-state index contributed by atoms with van der Waals surface area (Å²) in [5.41, 5.74) is 8.97. The molecule has 2 rings (SSSR count). The molecule has 0 aliphatic heterocycles. The van der Waals surface area contributed by atoms with Gasteiger partial charge in [0.05, 0.1) is 12.8 Å². The standard InChI is InChI=1S/C23H32N4O4/c1-14(2)8-18-10-17(9-15(3)26-18)23(31-25)27-16(4)21-7-6-20(11-22(21)29-5)30-13-19(28)12-24/h6-7,9-11,14,19,28H,4,8,12-13,24-25H2,1-3,5H3/b27-23-. The van der Waals surface area contributed by atoms with E-state index < -0.39 is 6.10 Å².